The molecule has 1 amide bonds. The average Bonchev–Trinajstić information content (AvgIpc) is 2.70. The van der Waals surface area contributed by atoms with Gasteiger partial charge >= 0.3 is 0 Å². The first-order valence-electron chi connectivity index (χ1n) is 9.07. The molecule has 0 unspecified atom stereocenters. The van der Waals surface area contributed by atoms with E-state index in [2.05, 4.69) is 15.2 Å². The third-order valence-electron chi connectivity index (χ3n) is 5.05. The summed E-state index contributed by atoms with van der Waals surface area (Å²) >= 11 is 12.1. The number of pyridine rings is 1. The SMILES string of the molecule is O=C(NC1CCN(c2ccnc3ccc(F)cc23)CC1)c1cccc(Cl)c1Cl. The lowest BCUT2D eigenvalue weighted by Crippen LogP contribution is -2.44. The number of fused-ring (bicyclic) bond motifs is 1. The number of aromatic nitrogens is 1. The van der Waals surface area contributed by atoms with E-state index in [4.69, 9.17) is 23.2 Å². The van der Waals surface area contributed by atoms with Gasteiger partial charge in [-0.3, -0.25) is 9.78 Å². The second kappa shape index (κ2) is 7.94. The van der Waals surface area contributed by atoms with Crippen LogP contribution in [0.3, 0.4) is 0 Å². The Hall–Kier alpha value is -2.37. The molecule has 1 saturated heterocycles. The van der Waals surface area contributed by atoms with Gasteiger partial charge in [0.25, 0.3) is 5.91 Å². The molecule has 1 aliphatic rings. The van der Waals surface area contributed by atoms with Gasteiger partial charge in [-0.25, -0.2) is 4.39 Å². The lowest BCUT2D eigenvalue weighted by molar-refractivity contribution is 0.0931. The number of rotatable bonds is 3. The number of nitrogens with one attached hydrogen (secondary N) is 1. The Morgan fingerprint density at radius 2 is 1.93 bits per heavy atom. The molecular formula is C21H18Cl2FN3O. The van der Waals surface area contributed by atoms with Crippen molar-refractivity contribution in [2.75, 3.05) is 18.0 Å². The molecule has 4 nitrogen and oxygen atoms in total. The maximum Gasteiger partial charge on any atom is 0.253 e. The Kier molecular flexibility index (Phi) is 5.38. The Morgan fingerprint density at radius 1 is 1.14 bits per heavy atom. The van der Waals surface area contributed by atoms with E-state index in [1.54, 1.807) is 30.5 Å². The van der Waals surface area contributed by atoms with Crippen molar-refractivity contribution in [3.63, 3.8) is 0 Å². The van der Waals surface area contributed by atoms with Gasteiger partial charge in [-0.15, -0.1) is 0 Å². The van der Waals surface area contributed by atoms with Crippen molar-refractivity contribution in [2.45, 2.75) is 18.9 Å². The number of carbonyl (C=O) groups excluding carboxylic acids is 1. The summed E-state index contributed by atoms with van der Waals surface area (Å²) in [7, 11) is 0. The van der Waals surface area contributed by atoms with Crippen molar-refractivity contribution in [3.8, 4) is 0 Å². The van der Waals surface area contributed by atoms with Crippen LogP contribution >= 0.6 is 23.2 Å². The molecule has 1 N–H and O–H groups in total. The predicted molar refractivity (Wildman–Crippen MR) is 111 cm³/mol. The number of hydrogen-bond donors (Lipinski definition) is 1. The summed E-state index contributed by atoms with van der Waals surface area (Å²) in [6.45, 7) is 1.51. The molecule has 4 rings (SSSR count). The molecule has 0 aliphatic carbocycles. The third kappa shape index (κ3) is 3.77. The molecule has 2 aromatic carbocycles. The van der Waals surface area contributed by atoms with Crippen molar-refractivity contribution in [2.24, 2.45) is 0 Å². The zero-order valence-electron chi connectivity index (χ0n) is 15.0. The van der Waals surface area contributed by atoms with Gasteiger partial charge < -0.3 is 10.2 Å². The summed E-state index contributed by atoms with van der Waals surface area (Å²) < 4.78 is 13.7. The molecule has 1 aromatic heterocycles. The summed E-state index contributed by atoms with van der Waals surface area (Å²) in [5, 5.41) is 4.47. The monoisotopic (exact) mass is 417 g/mol. The van der Waals surface area contributed by atoms with Gasteiger partial charge in [0.05, 0.1) is 21.1 Å². The van der Waals surface area contributed by atoms with Gasteiger partial charge in [0, 0.05) is 36.4 Å². The minimum atomic E-state index is -0.276. The number of amides is 1. The summed E-state index contributed by atoms with van der Waals surface area (Å²) in [5.41, 5.74) is 2.12. The molecule has 1 fully saturated rings. The molecule has 3 aromatic rings. The second-order valence-corrected chi connectivity index (χ2v) is 7.61. The quantitative estimate of drug-likeness (QED) is 0.645. The number of carbonyl (C=O) groups is 1. The van der Waals surface area contributed by atoms with Crippen LogP contribution < -0.4 is 10.2 Å². The fraction of sp³-hybridized carbons (Fsp3) is 0.238. The van der Waals surface area contributed by atoms with Gasteiger partial charge in [0.15, 0.2) is 0 Å². The number of hydrogen-bond acceptors (Lipinski definition) is 3. The van der Waals surface area contributed by atoms with Crippen LogP contribution in [-0.2, 0) is 0 Å². The summed E-state index contributed by atoms with van der Waals surface area (Å²) in [4.78, 5) is 19.0. The third-order valence-corrected chi connectivity index (χ3v) is 5.87. The topological polar surface area (TPSA) is 45.2 Å². The lowest BCUT2D eigenvalue weighted by atomic mass is 10.0. The van der Waals surface area contributed by atoms with E-state index < -0.39 is 0 Å². The van der Waals surface area contributed by atoms with Gasteiger partial charge in [-0.1, -0.05) is 29.3 Å². The maximum absolute atomic E-state index is 13.7. The molecule has 0 radical (unpaired) electrons. The number of halogens is 3. The lowest BCUT2D eigenvalue weighted by Gasteiger charge is -2.34. The highest BCUT2D eigenvalue weighted by molar-refractivity contribution is 6.43. The molecular weight excluding hydrogens is 400 g/mol. The van der Waals surface area contributed by atoms with Crippen LogP contribution in [0.4, 0.5) is 10.1 Å². The normalized spacial score (nSPS) is 15.0. The number of benzene rings is 2. The van der Waals surface area contributed by atoms with Gasteiger partial charge in [0.1, 0.15) is 5.82 Å². The molecule has 144 valence electrons. The zero-order chi connectivity index (χ0) is 19.7. The van der Waals surface area contributed by atoms with Crippen molar-refractivity contribution < 1.29 is 9.18 Å². The van der Waals surface area contributed by atoms with E-state index in [-0.39, 0.29) is 22.8 Å². The minimum Gasteiger partial charge on any atom is -0.371 e. The van der Waals surface area contributed by atoms with Crippen molar-refractivity contribution in [1.82, 2.24) is 10.3 Å². The van der Waals surface area contributed by atoms with Crippen LogP contribution in [0.25, 0.3) is 10.9 Å². The minimum absolute atomic E-state index is 0.0450. The summed E-state index contributed by atoms with van der Waals surface area (Å²) in [6.07, 6.45) is 3.30. The van der Waals surface area contributed by atoms with E-state index in [9.17, 15) is 9.18 Å². The van der Waals surface area contributed by atoms with Crippen LogP contribution in [0.15, 0.2) is 48.7 Å². The predicted octanol–water partition coefficient (Wildman–Crippen LogP) is 5.08. The van der Waals surface area contributed by atoms with E-state index in [1.165, 1.54) is 12.1 Å². The number of anilines is 1. The first kappa shape index (κ1) is 19.0. The molecule has 1 aliphatic heterocycles. The van der Waals surface area contributed by atoms with E-state index in [0.717, 1.165) is 42.5 Å². The van der Waals surface area contributed by atoms with E-state index in [0.29, 0.717) is 10.6 Å². The average molecular weight is 418 g/mol. The first-order valence-corrected chi connectivity index (χ1v) is 9.82. The second-order valence-electron chi connectivity index (χ2n) is 6.83. The summed E-state index contributed by atoms with van der Waals surface area (Å²) in [5.74, 6) is -0.496. The Labute approximate surface area is 172 Å². The maximum atomic E-state index is 13.7. The van der Waals surface area contributed by atoms with Crippen molar-refractivity contribution >= 4 is 45.7 Å². The molecule has 0 atom stereocenters. The largest absolute Gasteiger partial charge is 0.371 e. The van der Waals surface area contributed by atoms with Gasteiger partial charge in [0.2, 0.25) is 0 Å². The van der Waals surface area contributed by atoms with Crippen LogP contribution in [0, 0.1) is 5.82 Å². The van der Waals surface area contributed by atoms with E-state index >= 15 is 0 Å². The zero-order valence-corrected chi connectivity index (χ0v) is 16.5. The fourth-order valence-electron chi connectivity index (χ4n) is 3.59. The van der Waals surface area contributed by atoms with Gasteiger partial charge in [-0.2, -0.15) is 0 Å². The molecule has 0 spiro atoms. The van der Waals surface area contributed by atoms with Crippen LogP contribution in [0.2, 0.25) is 10.0 Å². The standard InChI is InChI=1S/C21H18Cl2FN3O/c22-17-3-1-2-15(20(17)23)21(28)26-14-7-10-27(11-8-14)19-6-9-25-18-5-4-13(24)12-16(18)19/h1-6,9,12,14H,7-8,10-11H2,(H,26,28). The first-order chi connectivity index (χ1) is 13.5. The Bertz CT molecular complexity index is 1040. The highest BCUT2D eigenvalue weighted by Crippen LogP contribution is 2.29. The van der Waals surface area contributed by atoms with Crippen LogP contribution in [-0.4, -0.2) is 30.0 Å². The molecule has 2 heterocycles. The Morgan fingerprint density at radius 3 is 2.71 bits per heavy atom. The number of nitrogens with zero attached hydrogens (tertiary/aromatic N) is 2. The number of piperidine rings is 1. The van der Waals surface area contributed by atoms with Crippen LogP contribution in [0.1, 0.15) is 23.2 Å². The van der Waals surface area contributed by atoms with Crippen LogP contribution in [0.5, 0.6) is 0 Å². The fourth-order valence-corrected chi connectivity index (χ4v) is 3.97. The smallest absolute Gasteiger partial charge is 0.253 e. The molecule has 28 heavy (non-hydrogen) atoms. The Balaban J connectivity index is 1.45. The van der Waals surface area contributed by atoms with Gasteiger partial charge in [-0.05, 0) is 49.2 Å². The highest BCUT2D eigenvalue weighted by atomic mass is 35.5. The highest BCUT2D eigenvalue weighted by Gasteiger charge is 2.23. The molecule has 0 saturated carbocycles. The molecule has 0 bridgehead atoms. The van der Waals surface area contributed by atoms with E-state index in [1.807, 2.05) is 6.07 Å². The molecule has 7 heteroatoms. The van der Waals surface area contributed by atoms with Crippen molar-refractivity contribution in [3.05, 3.63) is 70.1 Å². The summed E-state index contributed by atoms with van der Waals surface area (Å²) in [6, 6.07) is 11.6. The van der Waals surface area contributed by atoms with Crippen molar-refractivity contribution in [1.29, 1.82) is 0 Å².